The second kappa shape index (κ2) is 12.8. The molecule has 0 bridgehead atoms. The van der Waals surface area contributed by atoms with E-state index in [1.807, 2.05) is 54.6 Å². The van der Waals surface area contributed by atoms with Gasteiger partial charge in [0.2, 0.25) is 11.8 Å². The van der Waals surface area contributed by atoms with Crippen molar-refractivity contribution in [3.8, 4) is 0 Å². The number of hydrogen-bond acceptors (Lipinski definition) is 4. The van der Waals surface area contributed by atoms with E-state index in [0.717, 1.165) is 24.2 Å². The van der Waals surface area contributed by atoms with Gasteiger partial charge in [0.1, 0.15) is 12.6 Å². The maximum Gasteiger partial charge on any atom is 0.304 e. The van der Waals surface area contributed by atoms with Crippen LogP contribution in [0.15, 0.2) is 89.4 Å². The molecule has 3 aromatic rings. The number of nitrogens with one attached hydrogen (secondary N) is 1. The highest BCUT2D eigenvalue weighted by Crippen LogP contribution is 2.22. The zero-order valence-corrected chi connectivity index (χ0v) is 23.4. The molecule has 1 atom stereocenters. The van der Waals surface area contributed by atoms with Gasteiger partial charge in [0.15, 0.2) is 0 Å². The van der Waals surface area contributed by atoms with Gasteiger partial charge in [-0.3, -0.25) is 9.59 Å². The summed E-state index contributed by atoms with van der Waals surface area (Å²) < 4.78 is 29.4. The molecule has 10 heteroatoms. The fourth-order valence-corrected chi connectivity index (χ4v) is 5.37. The minimum absolute atomic E-state index is 0.119. The van der Waals surface area contributed by atoms with Crippen LogP contribution in [0.5, 0.6) is 0 Å². The molecule has 0 heterocycles. The first-order valence-electron chi connectivity index (χ1n) is 11.7. The van der Waals surface area contributed by atoms with E-state index in [2.05, 4.69) is 21.2 Å². The normalized spacial score (nSPS) is 12.1. The Hall–Kier alpha value is -3.21. The summed E-state index contributed by atoms with van der Waals surface area (Å²) in [5.41, 5.74) is 2.03. The van der Waals surface area contributed by atoms with Crippen LogP contribution in [0.25, 0.3) is 0 Å². The number of amides is 2. The number of likely N-dealkylation sites (N-methyl/N-ethyl adjacent to an activating group) is 1. The van der Waals surface area contributed by atoms with Crippen molar-refractivity contribution in [3.05, 3.63) is 101 Å². The summed E-state index contributed by atoms with van der Waals surface area (Å²) in [6.07, 6.45) is 0.270. The summed E-state index contributed by atoms with van der Waals surface area (Å²) in [4.78, 5) is 28.5. The van der Waals surface area contributed by atoms with Crippen molar-refractivity contribution >= 4 is 43.6 Å². The number of carbonyl (C=O) groups is 2. The second-order valence-corrected chi connectivity index (χ2v) is 11.6. The molecule has 0 radical (unpaired) electrons. The van der Waals surface area contributed by atoms with Crippen LogP contribution in [0, 0.1) is 0 Å². The lowest BCUT2D eigenvalue weighted by Crippen LogP contribution is -2.53. The van der Waals surface area contributed by atoms with Gasteiger partial charge in [0, 0.05) is 38.6 Å². The highest BCUT2D eigenvalue weighted by atomic mass is 79.9. The monoisotopic (exact) mass is 586 g/mol. The van der Waals surface area contributed by atoms with Gasteiger partial charge in [-0.2, -0.15) is 12.7 Å². The molecule has 0 saturated carbocycles. The molecule has 0 unspecified atom stereocenters. The predicted octanol–water partition coefficient (Wildman–Crippen LogP) is 3.45. The molecular formula is C27H31BrN4O4S. The van der Waals surface area contributed by atoms with Gasteiger partial charge in [0.25, 0.3) is 0 Å². The van der Waals surface area contributed by atoms with Gasteiger partial charge < -0.3 is 10.2 Å². The Kier molecular flexibility index (Phi) is 9.85. The van der Waals surface area contributed by atoms with Crippen LogP contribution in [-0.4, -0.2) is 63.2 Å². The Morgan fingerprint density at radius 1 is 0.892 bits per heavy atom. The van der Waals surface area contributed by atoms with Gasteiger partial charge >= 0.3 is 10.2 Å². The largest absolute Gasteiger partial charge is 0.357 e. The van der Waals surface area contributed by atoms with E-state index in [4.69, 9.17) is 0 Å². The maximum atomic E-state index is 13.9. The van der Waals surface area contributed by atoms with E-state index in [9.17, 15) is 18.0 Å². The molecule has 37 heavy (non-hydrogen) atoms. The number of nitrogens with zero attached hydrogens (tertiary/aromatic N) is 3. The minimum atomic E-state index is -4.00. The van der Waals surface area contributed by atoms with Crippen LogP contribution < -0.4 is 9.62 Å². The minimum Gasteiger partial charge on any atom is -0.357 e. The smallest absolute Gasteiger partial charge is 0.304 e. The highest BCUT2D eigenvalue weighted by Gasteiger charge is 2.34. The van der Waals surface area contributed by atoms with Crippen LogP contribution in [0.1, 0.15) is 11.1 Å². The molecule has 0 aliphatic carbocycles. The Morgan fingerprint density at radius 3 is 2.05 bits per heavy atom. The van der Waals surface area contributed by atoms with Crippen molar-refractivity contribution < 1.29 is 18.0 Å². The van der Waals surface area contributed by atoms with E-state index in [0.29, 0.717) is 5.69 Å². The molecule has 8 nitrogen and oxygen atoms in total. The quantitative estimate of drug-likeness (QED) is 0.372. The zero-order valence-electron chi connectivity index (χ0n) is 21.0. The fourth-order valence-electron chi connectivity index (χ4n) is 3.86. The van der Waals surface area contributed by atoms with Crippen LogP contribution in [0.3, 0.4) is 0 Å². The summed E-state index contributed by atoms with van der Waals surface area (Å²) in [5, 5.41) is 2.67. The first-order chi connectivity index (χ1) is 17.6. The molecule has 0 aliphatic rings. The summed E-state index contributed by atoms with van der Waals surface area (Å²) in [6, 6.07) is 24.5. The summed E-state index contributed by atoms with van der Waals surface area (Å²) in [7, 11) is 0.352. The third kappa shape index (κ3) is 7.41. The molecule has 3 aromatic carbocycles. The number of carbonyl (C=O) groups excluding carboxylic acids is 2. The number of hydrogen-bond donors (Lipinski definition) is 1. The summed E-state index contributed by atoms with van der Waals surface area (Å²) >= 11 is 3.46. The third-order valence-electron chi connectivity index (χ3n) is 5.82. The lowest BCUT2D eigenvalue weighted by Gasteiger charge is -2.34. The average Bonchev–Trinajstić information content (AvgIpc) is 2.89. The highest BCUT2D eigenvalue weighted by molar-refractivity contribution is 9.10. The first kappa shape index (κ1) is 28.4. The van der Waals surface area contributed by atoms with Crippen LogP contribution >= 0.6 is 15.9 Å². The molecule has 0 fully saturated rings. The van der Waals surface area contributed by atoms with Gasteiger partial charge in [-0.1, -0.05) is 76.6 Å². The molecule has 0 saturated heterocycles. The maximum absolute atomic E-state index is 13.9. The van der Waals surface area contributed by atoms with E-state index in [-0.39, 0.29) is 18.9 Å². The van der Waals surface area contributed by atoms with Crippen molar-refractivity contribution in [3.63, 3.8) is 0 Å². The Labute approximate surface area is 227 Å². The van der Waals surface area contributed by atoms with Crippen LogP contribution in [0.2, 0.25) is 0 Å². The molecule has 1 N–H and O–H groups in total. The third-order valence-corrected chi connectivity index (χ3v) is 8.14. The zero-order chi connectivity index (χ0) is 27.0. The number of para-hydroxylation sites is 1. The first-order valence-corrected chi connectivity index (χ1v) is 13.9. The molecule has 0 aliphatic heterocycles. The molecule has 3 rings (SSSR count). The van der Waals surface area contributed by atoms with E-state index in [1.54, 1.807) is 30.3 Å². The Bertz CT molecular complexity index is 1300. The number of benzene rings is 3. The number of halogens is 1. The molecule has 196 valence electrons. The standard InChI is InChI=1S/C27H31BrN4O4S/c1-29-27(34)25(18-21-11-6-4-7-12-21)31(19-22-13-10-14-23(28)17-22)26(33)20-32(37(35,36)30(2)3)24-15-8-5-9-16-24/h4-17,25H,18-20H2,1-3H3,(H,29,34)/t25-/m0/s1. The van der Waals surface area contributed by atoms with Crippen LogP contribution in [0.4, 0.5) is 5.69 Å². The van der Waals surface area contributed by atoms with Gasteiger partial charge in [-0.05, 0) is 35.4 Å². The number of rotatable bonds is 11. The second-order valence-electron chi connectivity index (χ2n) is 8.60. The molecule has 0 aromatic heterocycles. The van der Waals surface area contributed by atoms with Crippen LogP contribution in [-0.2, 0) is 32.8 Å². The number of anilines is 1. The topological polar surface area (TPSA) is 90.0 Å². The SMILES string of the molecule is CNC(=O)[C@H](Cc1ccccc1)N(Cc1cccc(Br)c1)C(=O)CN(c1ccccc1)S(=O)(=O)N(C)C. The summed E-state index contributed by atoms with van der Waals surface area (Å²) in [6.45, 7) is -0.353. The Balaban J connectivity index is 2.05. The lowest BCUT2D eigenvalue weighted by molar-refractivity contribution is -0.139. The van der Waals surface area contributed by atoms with Crippen molar-refractivity contribution in [2.45, 2.75) is 19.0 Å². The van der Waals surface area contributed by atoms with Crippen molar-refractivity contribution in [1.29, 1.82) is 0 Å². The van der Waals surface area contributed by atoms with E-state index >= 15 is 0 Å². The molecule has 2 amide bonds. The molecular weight excluding hydrogens is 556 g/mol. The van der Waals surface area contributed by atoms with E-state index in [1.165, 1.54) is 26.0 Å². The van der Waals surface area contributed by atoms with Crippen molar-refractivity contribution in [2.75, 3.05) is 32.0 Å². The molecule has 0 spiro atoms. The van der Waals surface area contributed by atoms with Gasteiger partial charge in [0.05, 0.1) is 5.69 Å². The fraction of sp³-hybridized carbons (Fsp3) is 0.259. The van der Waals surface area contributed by atoms with Crippen molar-refractivity contribution in [2.24, 2.45) is 0 Å². The van der Waals surface area contributed by atoms with Crippen molar-refractivity contribution in [1.82, 2.24) is 14.5 Å². The average molecular weight is 588 g/mol. The summed E-state index contributed by atoms with van der Waals surface area (Å²) in [5.74, 6) is -0.840. The lowest BCUT2D eigenvalue weighted by atomic mass is 10.0. The van der Waals surface area contributed by atoms with Gasteiger partial charge in [-0.25, -0.2) is 4.31 Å². The van der Waals surface area contributed by atoms with Gasteiger partial charge in [-0.15, -0.1) is 0 Å². The van der Waals surface area contributed by atoms with E-state index < -0.39 is 28.7 Å². The predicted molar refractivity (Wildman–Crippen MR) is 149 cm³/mol. The Morgan fingerprint density at radius 2 is 1.49 bits per heavy atom.